The van der Waals surface area contributed by atoms with Crippen molar-refractivity contribution in [1.29, 1.82) is 0 Å². The average Bonchev–Trinajstić information content (AvgIpc) is 3.02. The van der Waals surface area contributed by atoms with Crippen molar-refractivity contribution in [2.45, 2.75) is 112 Å². The molecule has 0 bridgehead atoms. The van der Waals surface area contributed by atoms with Crippen LogP contribution < -0.4 is 0 Å². The molecule has 32 heavy (non-hydrogen) atoms. The molecule has 3 saturated carbocycles. The van der Waals surface area contributed by atoms with Crippen molar-refractivity contribution < 1.29 is 10.2 Å². The lowest BCUT2D eigenvalue weighted by molar-refractivity contribution is -0.131. The van der Waals surface area contributed by atoms with Gasteiger partial charge in [-0.2, -0.15) is 0 Å². The third kappa shape index (κ3) is 3.41. The smallest absolute Gasteiger partial charge is 0.0639 e. The third-order valence-electron chi connectivity index (χ3n) is 11.9. The summed E-state index contributed by atoms with van der Waals surface area (Å²) in [6.07, 6.45) is 15.8. The van der Waals surface area contributed by atoms with Crippen LogP contribution in [-0.4, -0.2) is 22.9 Å². The summed E-state index contributed by atoms with van der Waals surface area (Å²) >= 11 is 0. The molecule has 0 aromatic rings. The molecule has 0 aromatic carbocycles. The summed E-state index contributed by atoms with van der Waals surface area (Å²) in [5.41, 5.74) is 4.01. The van der Waals surface area contributed by atoms with Gasteiger partial charge in [-0.05, 0) is 110 Å². The Morgan fingerprint density at radius 2 is 1.81 bits per heavy atom. The van der Waals surface area contributed by atoms with Gasteiger partial charge in [-0.1, -0.05) is 64.8 Å². The van der Waals surface area contributed by atoms with Crippen LogP contribution in [0.15, 0.2) is 23.3 Å². The molecule has 3 fully saturated rings. The molecule has 2 N–H and O–H groups in total. The zero-order chi connectivity index (χ0) is 23.5. The van der Waals surface area contributed by atoms with Gasteiger partial charge in [0.15, 0.2) is 0 Å². The molecule has 0 aliphatic heterocycles. The molecule has 0 saturated heterocycles. The fourth-order valence-electron chi connectivity index (χ4n) is 9.51. The summed E-state index contributed by atoms with van der Waals surface area (Å²) in [6, 6.07) is 0. The number of rotatable bonds is 5. The fourth-order valence-corrected chi connectivity index (χ4v) is 9.51. The lowest BCUT2D eigenvalue weighted by Crippen LogP contribution is -2.58. The summed E-state index contributed by atoms with van der Waals surface area (Å²) in [5, 5.41) is 20.1. The first-order valence-corrected chi connectivity index (χ1v) is 13.6. The Balaban J connectivity index is 1.59. The molecule has 0 aromatic heterocycles. The van der Waals surface area contributed by atoms with E-state index < -0.39 is 0 Å². The molecule has 2 heteroatoms. The number of aliphatic hydroxyl groups excluding tert-OH is 2. The van der Waals surface area contributed by atoms with Crippen molar-refractivity contribution in [3.63, 3.8) is 0 Å². The summed E-state index contributed by atoms with van der Waals surface area (Å²) in [6.45, 7) is 17.2. The normalized spacial score (nSPS) is 46.7. The molecule has 4 rings (SSSR count). The van der Waals surface area contributed by atoms with E-state index in [-0.39, 0.29) is 18.1 Å². The van der Waals surface area contributed by atoms with Gasteiger partial charge in [-0.3, -0.25) is 0 Å². The van der Waals surface area contributed by atoms with Crippen molar-refractivity contribution >= 4 is 0 Å². The van der Waals surface area contributed by atoms with E-state index in [0.29, 0.717) is 28.1 Å². The van der Waals surface area contributed by atoms with Gasteiger partial charge in [0.2, 0.25) is 0 Å². The maximum atomic E-state index is 10.8. The van der Waals surface area contributed by atoms with Crippen LogP contribution in [0.4, 0.5) is 0 Å². The molecule has 2 nitrogen and oxygen atoms in total. The highest BCUT2D eigenvalue weighted by Gasteiger charge is 2.65. The van der Waals surface area contributed by atoms with Gasteiger partial charge in [-0.15, -0.1) is 0 Å². The first-order chi connectivity index (χ1) is 14.9. The van der Waals surface area contributed by atoms with Gasteiger partial charge in [-0.25, -0.2) is 0 Å². The Bertz CT molecular complexity index is 778. The van der Waals surface area contributed by atoms with E-state index in [2.05, 4.69) is 53.7 Å². The van der Waals surface area contributed by atoms with E-state index in [9.17, 15) is 10.2 Å². The second-order valence-corrected chi connectivity index (χ2v) is 13.6. The Kier molecular flexibility index (Phi) is 6.33. The van der Waals surface area contributed by atoms with Crippen molar-refractivity contribution in [3.05, 3.63) is 23.3 Å². The van der Waals surface area contributed by atoms with Gasteiger partial charge in [0.05, 0.1) is 12.7 Å². The standard InChI is InChI=1S/C30H50O2/c1-20(19-31)9-8-10-21(2)22-13-17-30(7)24-11-12-25-27(3,4)26(32)15-16-28(25,5)23(24)14-18-29(22,30)6/h9,11,21-23,25-26,31-32H,8,10,12-19H2,1-7H3. The maximum absolute atomic E-state index is 10.8. The van der Waals surface area contributed by atoms with Crippen molar-refractivity contribution in [2.24, 2.45) is 45.3 Å². The van der Waals surface area contributed by atoms with Crippen LogP contribution in [0.5, 0.6) is 0 Å². The van der Waals surface area contributed by atoms with Crippen LogP contribution >= 0.6 is 0 Å². The molecule has 0 spiro atoms. The highest BCUT2D eigenvalue weighted by atomic mass is 16.3. The third-order valence-corrected chi connectivity index (χ3v) is 11.9. The molecular formula is C30H50O2. The first kappa shape index (κ1) is 24.5. The van der Waals surface area contributed by atoms with Gasteiger partial charge in [0.1, 0.15) is 0 Å². The van der Waals surface area contributed by atoms with Crippen molar-refractivity contribution in [2.75, 3.05) is 6.61 Å². The van der Waals surface area contributed by atoms with Crippen LogP contribution in [0.2, 0.25) is 0 Å². The van der Waals surface area contributed by atoms with Gasteiger partial charge in [0.25, 0.3) is 0 Å². The first-order valence-electron chi connectivity index (χ1n) is 13.6. The van der Waals surface area contributed by atoms with Crippen LogP contribution in [0.1, 0.15) is 106 Å². The minimum absolute atomic E-state index is 0.0175. The monoisotopic (exact) mass is 442 g/mol. The molecule has 4 aliphatic carbocycles. The van der Waals surface area contributed by atoms with Crippen LogP contribution in [-0.2, 0) is 0 Å². The van der Waals surface area contributed by atoms with E-state index >= 15 is 0 Å². The quantitative estimate of drug-likeness (QED) is 0.438. The molecule has 0 amide bonds. The summed E-state index contributed by atoms with van der Waals surface area (Å²) in [7, 11) is 0. The summed E-state index contributed by atoms with van der Waals surface area (Å²) < 4.78 is 0. The topological polar surface area (TPSA) is 40.5 Å². The molecule has 8 unspecified atom stereocenters. The van der Waals surface area contributed by atoms with E-state index in [4.69, 9.17) is 0 Å². The number of allylic oxidation sites excluding steroid dienone is 3. The van der Waals surface area contributed by atoms with Crippen molar-refractivity contribution in [3.8, 4) is 0 Å². The number of aliphatic hydroxyl groups is 2. The Labute approximate surface area is 198 Å². The SMILES string of the molecule is CC(=CCCC(C)C1CCC2(C)C3=CCC4C(C)(C)C(O)CCC4(C)C3CCC12C)CO. The highest BCUT2D eigenvalue weighted by Crippen LogP contribution is 2.73. The molecular weight excluding hydrogens is 392 g/mol. The summed E-state index contributed by atoms with van der Waals surface area (Å²) in [4.78, 5) is 0. The van der Waals surface area contributed by atoms with Crippen LogP contribution in [0.25, 0.3) is 0 Å². The maximum Gasteiger partial charge on any atom is 0.0639 e. The van der Waals surface area contributed by atoms with E-state index in [0.717, 1.165) is 36.7 Å². The number of hydrogen-bond donors (Lipinski definition) is 2. The van der Waals surface area contributed by atoms with Crippen LogP contribution in [0, 0.1) is 45.3 Å². The predicted molar refractivity (Wildman–Crippen MR) is 134 cm³/mol. The van der Waals surface area contributed by atoms with Crippen LogP contribution in [0.3, 0.4) is 0 Å². The second-order valence-electron chi connectivity index (χ2n) is 13.6. The van der Waals surface area contributed by atoms with Gasteiger partial charge < -0.3 is 10.2 Å². The molecule has 0 heterocycles. The number of hydrogen-bond acceptors (Lipinski definition) is 2. The minimum atomic E-state index is -0.153. The van der Waals surface area contributed by atoms with E-state index in [1.54, 1.807) is 0 Å². The highest BCUT2D eigenvalue weighted by molar-refractivity contribution is 5.33. The minimum Gasteiger partial charge on any atom is -0.393 e. The zero-order valence-electron chi connectivity index (χ0n) is 22.0. The molecule has 4 aliphatic rings. The van der Waals surface area contributed by atoms with E-state index in [1.165, 1.54) is 38.5 Å². The molecule has 8 atom stereocenters. The fraction of sp³-hybridized carbons (Fsp3) is 0.867. The Hall–Kier alpha value is -0.600. The van der Waals surface area contributed by atoms with E-state index in [1.807, 2.05) is 12.5 Å². The Morgan fingerprint density at radius 3 is 2.50 bits per heavy atom. The van der Waals surface area contributed by atoms with Gasteiger partial charge in [0, 0.05) is 0 Å². The lowest BCUT2D eigenvalue weighted by atomic mass is 9.41. The summed E-state index contributed by atoms with van der Waals surface area (Å²) in [5.74, 6) is 2.83. The molecule has 0 radical (unpaired) electrons. The lowest BCUT2D eigenvalue weighted by Gasteiger charge is -2.64. The Morgan fingerprint density at radius 1 is 1.09 bits per heavy atom. The predicted octanol–water partition coefficient (Wildman–Crippen LogP) is 7.31. The average molecular weight is 443 g/mol. The largest absolute Gasteiger partial charge is 0.393 e. The second kappa shape index (κ2) is 8.26. The zero-order valence-corrected chi connectivity index (χ0v) is 22.0. The van der Waals surface area contributed by atoms with Gasteiger partial charge >= 0.3 is 0 Å². The van der Waals surface area contributed by atoms with Crippen molar-refractivity contribution in [1.82, 2.24) is 0 Å². The number of fused-ring (bicyclic) bond motifs is 5. The molecule has 182 valence electrons.